The zero-order valence-electron chi connectivity index (χ0n) is 21.4. The lowest BCUT2D eigenvalue weighted by Crippen LogP contribution is -2.31. The van der Waals surface area contributed by atoms with Crippen molar-refractivity contribution in [2.24, 2.45) is 0 Å². The normalized spacial score (nSPS) is 13.0. The van der Waals surface area contributed by atoms with Gasteiger partial charge < -0.3 is 15.4 Å². The van der Waals surface area contributed by atoms with Crippen molar-refractivity contribution in [1.82, 2.24) is 4.90 Å². The van der Waals surface area contributed by atoms with E-state index < -0.39 is 23.7 Å². The van der Waals surface area contributed by atoms with E-state index in [2.05, 4.69) is 17.6 Å². The molecule has 3 aromatic rings. The smallest absolute Gasteiger partial charge is 0.338 e. The summed E-state index contributed by atoms with van der Waals surface area (Å²) < 4.78 is 5.25. The lowest BCUT2D eigenvalue weighted by molar-refractivity contribution is -0.138. The number of esters is 1. The number of hydrogen-bond acceptors (Lipinski definition) is 6. The fourth-order valence-corrected chi connectivity index (χ4v) is 4.17. The summed E-state index contributed by atoms with van der Waals surface area (Å²) in [6.45, 7) is 2.55. The topological polar surface area (TPSA) is 105 Å². The van der Waals surface area contributed by atoms with E-state index in [-0.39, 0.29) is 17.3 Å². The van der Waals surface area contributed by atoms with E-state index in [0.29, 0.717) is 29.1 Å². The molecule has 3 aromatic carbocycles. The second kappa shape index (κ2) is 12.9. The number of imide groups is 1. The highest BCUT2D eigenvalue weighted by Gasteiger charge is 2.37. The Balaban J connectivity index is 1.38. The zero-order chi connectivity index (χ0) is 27.8. The highest BCUT2D eigenvalue weighted by Crippen LogP contribution is 2.27. The Morgan fingerprint density at radius 1 is 0.846 bits per heavy atom. The van der Waals surface area contributed by atoms with E-state index in [4.69, 9.17) is 16.3 Å². The summed E-state index contributed by atoms with van der Waals surface area (Å²) in [7, 11) is 0. The molecule has 8 nitrogen and oxygen atoms in total. The van der Waals surface area contributed by atoms with E-state index in [1.165, 1.54) is 0 Å². The third-order valence-electron chi connectivity index (χ3n) is 6.05. The summed E-state index contributed by atoms with van der Waals surface area (Å²) in [5.74, 6) is -1.94. The van der Waals surface area contributed by atoms with Crippen LogP contribution in [0.5, 0.6) is 0 Å². The SMILES string of the molecule is CCCCCOC(=O)c1ccc(NC(=O)c2cccc(NC3=C(Cl)C(=O)N(Cc4ccccc4)C3=O)c2)cc1. The predicted molar refractivity (Wildman–Crippen MR) is 149 cm³/mol. The van der Waals surface area contributed by atoms with Crippen LogP contribution in [0, 0.1) is 0 Å². The number of anilines is 2. The zero-order valence-corrected chi connectivity index (χ0v) is 22.2. The molecular formula is C30H28ClN3O5. The maximum absolute atomic E-state index is 12.9. The summed E-state index contributed by atoms with van der Waals surface area (Å²) in [4.78, 5) is 51.6. The van der Waals surface area contributed by atoms with Gasteiger partial charge in [0.2, 0.25) is 0 Å². The van der Waals surface area contributed by atoms with Crippen LogP contribution in [-0.2, 0) is 20.9 Å². The molecule has 0 atom stereocenters. The minimum absolute atomic E-state index is 0.0488. The van der Waals surface area contributed by atoms with Crippen molar-refractivity contribution < 1.29 is 23.9 Å². The Bertz CT molecular complexity index is 1400. The van der Waals surface area contributed by atoms with Crippen LogP contribution in [0.25, 0.3) is 0 Å². The molecule has 4 rings (SSSR count). The first-order valence-electron chi connectivity index (χ1n) is 12.6. The van der Waals surface area contributed by atoms with Gasteiger partial charge in [0.25, 0.3) is 17.7 Å². The second-order valence-electron chi connectivity index (χ2n) is 8.95. The van der Waals surface area contributed by atoms with E-state index in [0.717, 1.165) is 29.7 Å². The van der Waals surface area contributed by atoms with Crippen molar-refractivity contribution in [2.75, 3.05) is 17.2 Å². The summed E-state index contributed by atoms with van der Waals surface area (Å²) >= 11 is 6.21. The minimum atomic E-state index is -0.588. The Kier molecular flexibility index (Phi) is 9.12. The van der Waals surface area contributed by atoms with E-state index in [9.17, 15) is 19.2 Å². The molecule has 39 heavy (non-hydrogen) atoms. The fraction of sp³-hybridized carbons (Fsp3) is 0.200. The number of unbranched alkanes of at least 4 members (excludes halogenated alkanes) is 2. The first-order chi connectivity index (χ1) is 18.9. The number of ether oxygens (including phenoxy) is 1. The van der Waals surface area contributed by atoms with Gasteiger partial charge in [-0.05, 0) is 54.4 Å². The molecular weight excluding hydrogens is 518 g/mol. The molecule has 0 saturated carbocycles. The van der Waals surface area contributed by atoms with Crippen molar-refractivity contribution in [3.63, 3.8) is 0 Å². The molecule has 1 aliphatic heterocycles. The number of carbonyl (C=O) groups excluding carboxylic acids is 4. The van der Waals surface area contributed by atoms with E-state index >= 15 is 0 Å². The molecule has 3 amide bonds. The third kappa shape index (κ3) is 6.91. The summed E-state index contributed by atoms with van der Waals surface area (Å²) in [5.41, 5.74) is 2.37. The standard InChI is InChI=1S/C30H28ClN3O5/c1-2-3-7-17-39-30(38)21-13-15-23(16-14-21)33-27(35)22-11-8-12-24(18-22)32-26-25(31)28(36)34(29(26)37)19-20-9-5-4-6-10-20/h4-6,8-16,18,32H,2-3,7,17,19H2,1H3,(H,33,35). The summed E-state index contributed by atoms with van der Waals surface area (Å²) in [5, 5.41) is 5.46. The van der Waals surface area contributed by atoms with Crippen LogP contribution in [0.4, 0.5) is 11.4 Å². The van der Waals surface area contributed by atoms with Crippen LogP contribution in [-0.4, -0.2) is 35.2 Å². The second-order valence-corrected chi connectivity index (χ2v) is 9.33. The molecule has 2 N–H and O–H groups in total. The Morgan fingerprint density at radius 2 is 1.59 bits per heavy atom. The Hall–Kier alpha value is -4.43. The van der Waals surface area contributed by atoms with Gasteiger partial charge in [-0.1, -0.05) is 67.8 Å². The van der Waals surface area contributed by atoms with Crippen LogP contribution >= 0.6 is 11.6 Å². The van der Waals surface area contributed by atoms with Gasteiger partial charge in [-0.2, -0.15) is 0 Å². The molecule has 0 saturated heterocycles. The minimum Gasteiger partial charge on any atom is -0.462 e. The maximum Gasteiger partial charge on any atom is 0.338 e. The Morgan fingerprint density at radius 3 is 2.31 bits per heavy atom. The van der Waals surface area contributed by atoms with Gasteiger partial charge in [0.15, 0.2) is 0 Å². The van der Waals surface area contributed by atoms with Crippen LogP contribution in [0.1, 0.15) is 52.5 Å². The molecule has 0 spiro atoms. The van der Waals surface area contributed by atoms with Crippen LogP contribution < -0.4 is 10.6 Å². The van der Waals surface area contributed by atoms with Crippen LogP contribution in [0.15, 0.2) is 89.6 Å². The first kappa shape index (κ1) is 27.6. The molecule has 1 aliphatic rings. The molecule has 9 heteroatoms. The molecule has 0 fully saturated rings. The number of rotatable bonds is 11. The number of hydrogen-bond donors (Lipinski definition) is 2. The van der Waals surface area contributed by atoms with Gasteiger partial charge in [0.05, 0.1) is 18.7 Å². The van der Waals surface area contributed by atoms with Crippen LogP contribution in [0.2, 0.25) is 0 Å². The van der Waals surface area contributed by atoms with Crippen molar-refractivity contribution in [1.29, 1.82) is 0 Å². The third-order valence-corrected chi connectivity index (χ3v) is 6.40. The van der Waals surface area contributed by atoms with Gasteiger partial charge in [-0.3, -0.25) is 19.3 Å². The van der Waals surface area contributed by atoms with Gasteiger partial charge in [-0.15, -0.1) is 0 Å². The first-order valence-corrected chi connectivity index (χ1v) is 13.0. The highest BCUT2D eigenvalue weighted by atomic mass is 35.5. The molecule has 0 aromatic heterocycles. The molecule has 0 radical (unpaired) electrons. The van der Waals surface area contributed by atoms with Crippen molar-refractivity contribution in [3.8, 4) is 0 Å². The van der Waals surface area contributed by atoms with Crippen molar-refractivity contribution in [2.45, 2.75) is 32.7 Å². The average Bonchev–Trinajstić information content (AvgIpc) is 3.15. The quantitative estimate of drug-likeness (QED) is 0.181. The number of halogens is 1. The van der Waals surface area contributed by atoms with Crippen molar-refractivity contribution >= 4 is 46.7 Å². The van der Waals surface area contributed by atoms with Gasteiger partial charge >= 0.3 is 5.97 Å². The number of nitrogens with zero attached hydrogens (tertiary/aromatic N) is 1. The average molecular weight is 546 g/mol. The summed E-state index contributed by atoms with van der Waals surface area (Å²) in [6.07, 6.45) is 2.87. The monoisotopic (exact) mass is 545 g/mol. The van der Waals surface area contributed by atoms with E-state index in [1.807, 2.05) is 30.3 Å². The molecule has 1 heterocycles. The number of benzene rings is 3. The molecule has 200 valence electrons. The van der Waals surface area contributed by atoms with Crippen molar-refractivity contribution in [3.05, 3.63) is 106 Å². The van der Waals surface area contributed by atoms with Gasteiger partial charge in [0.1, 0.15) is 10.7 Å². The highest BCUT2D eigenvalue weighted by molar-refractivity contribution is 6.48. The predicted octanol–water partition coefficient (Wildman–Crippen LogP) is 5.72. The van der Waals surface area contributed by atoms with E-state index in [1.54, 1.807) is 48.5 Å². The molecule has 0 unspecified atom stereocenters. The number of carbonyl (C=O) groups is 4. The largest absolute Gasteiger partial charge is 0.462 e. The Labute approximate surface area is 231 Å². The van der Waals surface area contributed by atoms with Crippen LogP contribution in [0.3, 0.4) is 0 Å². The maximum atomic E-state index is 12.9. The summed E-state index contributed by atoms with van der Waals surface area (Å²) in [6, 6.07) is 22.0. The number of nitrogens with one attached hydrogen (secondary N) is 2. The molecule has 0 aliphatic carbocycles. The number of amides is 3. The lowest BCUT2D eigenvalue weighted by Gasteiger charge is -2.15. The van der Waals surface area contributed by atoms with Gasteiger partial charge in [0, 0.05) is 16.9 Å². The van der Waals surface area contributed by atoms with Gasteiger partial charge in [-0.25, -0.2) is 4.79 Å². The fourth-order valence-electron chi connectivity index (χ4n) is 3.94. The molecule has 0 bridgehead atoms. The lowest BCUT2D eigenvalue weighted by atomic mass is 10.1.